The molecule has 0 bridgehead atoms. The summed E-state index contributed by atoms with van der Waals surface area (Å²) in [6.45, 7) is 3.82. The van der Waals surface area contributed by atoms with Crippen molar-refractivity contribution in [1.29, 1.82) is 10.5 Å². The third-order valence-electron chi connectivity index (χ3n) is 2.65. The molecule has 0 heterocycles. The van der Waals surface area contributed by atoms with Gasteiger partial charge < -0.3 is 0 Å². The molecule has 1 aromatic carbocycles. The van der Waals surface area contributed by atoms with Gasteiger partial charge in [-0.2, -0.15) is 14.8 Å². The second kappa shape index (κ2) is 6.33. The fraction of sp³-hybridized carbons (Fsp3) is 0.385. The van der Waals surface area contributed by atoms with Gasteiger partial charge in [0.15, 0.2) is 0 Å². The van der Waals surface area contributed by atoms with Crippen LogP contribution in [0.3, 0.4) is 0 Å². The number of benzene rings is 1. The van der Waals surface area contributed by atoms with Gasteiger partial charge in [-0.15, -0.1) is 0 Å². The van der Waals surface area contributed by atoms with E-state index >= 15 is 0 Å². The van der Waals surface area contributed by atoms with E-state index in [0.29, 0.717) is 5.56 Å². The average molecular weight is 277 g/mol. The zero-order chi connectivity index (χ0) is 14.5. The molecule has 0 N–H and O–H groups in total. The summed E-state index contributed by atoms with van der Waals surface area (Å²) in [4.78, 5) is 0.0820. The first-order valence-electron chi connectivity index (χ1n) is 5.85. The third-order valence-corrected chi connectivity index (χ3v) is 4.59. The largest absolute Gasteiger partial charge is 0.243 e. The fourth-order valence-electron chi connectivity index (χ4n) is 1.62. The summed E-state index contributed by atoms with van der Waals surface area (Å²) >= 11 is 0. The summed E-state index contributed by atoms with van der Waals surface area (Å²) in [5, 5.41) is 17.6. The van der Waals surface area contributed by atoms with Crippen molar-refractivity contribution in [1.82, 2.24) is 4.31 Å². The van der Waals surface area contributed by atoms with Crippen LogP contribution in [0, 0.1) is 28.6 Å². The highest BCUT2D eigenvalue weighted by atomic mass is 32.2. The van der Waals surface area contributed by atoms with E-state index in [2.05, 4.69) is 0 Å². The Hall–Kier alpha value is -1.89. The fourth-order valence-corrected chi connectivity index (χ4v) is 3.20. The predicted octanol–water partition coefficient (Wildman–Crippen LogP) is 1.73. The minimum Gasteiger partial charge on any atom is -0.207 e. The second-order valence-corrected chi connectivity index (χ2v) is 6.06. The van der Waals surface area contributed by atoms with Gasteiger partial charge in [0, 0.05) is 13.1 Å². The molecule has 0 amide bonds. The Morgan fingerprint density at radius 2 is 2.05 bits per heavy atom. The van der Waals surface area contributed by atoms with Crippen LogP contribution in [0.2, 0.25) is 0 Å². The Labute approximate surface area is 113 Å². The van der Waals surface area contributed by atoms with Crippen LogP contribution in [0.25, 0.3) is 0 Å². The molecule has 0 saturated heterocycles. The van der Waals surface area contributed by atoms with E-state index in [1.165, 1.54) is 22.5 Å². The minimum atomic E-state index is -3.66. The lowest BCUT2D eigenvalue weighted by Gasteiger charge is -2.21. The lowest BCUT2D eigenvalue weighted by molar-refractivity contribution is 0.400. The molecule has 1 aromatic rings. The minimum absolute atomic E-state index is 0.0820. The van der Waals surface area contributed by atoms with Crippen LogP contribution in [0.5, 0.6) is 0 Å². The number of nitrogens with zero attached hydrogens (tertiary/aromatic N) is 3. The van der Waals surface area contributed by atoms with Crippen molar-refractivity contribution in [3.05, 3.63) is 29.8 Å². The molecule has 19 heavy (non-hydrogen) atoms. The maximum absolute atomic E-state index is 12.4. The van der Waals surface area contributed by atoms with Gasteiger partial charge in [0.1, 0.15) is 0 Å². The van der Waals surface area contributed by atoms with Crippen LogP contribution >= 0.6 is 0 Å². The van der Waals surface area contributed by atoms with Crippen molar-refractivity contribution in [2.24, 2.45) is 5.92 Å². The van der Waals surface area contributed by atoms with E-state index in [0.717, 1.165) is 0 Å². The van der Waals surface area contributed by atoms with Crippen molar-refractivity contribution < 1.29 is 8.42 Å². The number of nitriles is 2. The van der Waals surface area contributed by atoms with E-state index < -0.39 is 10.0 Å². The molecule has 0 radical (unpaired) electrons. The van der Waals surface area contributed by atoms with Crippen molar-refractivity contribution in [3.63, 3.8) is 0 Å². The zero-order valence-electron chi connectivity index (χ0n) is 10.9. The summed E-state index contributed by atoms with van der Waals surface area (Å²) in [5.74, 6) is -0.381. The van der Waals surface area contributed by atoms with E-state index in [-0.39, 0.29) is 23.9 Å². The standard InChI is InChI=1S/C13H15N3O2S/c1-3-16(10-11(2)8-14)19(17,18)13-6-4-5-12(7-13)9-15/h4-7,11H,3,10H2,1-2H3. The Morgan fingerprint density at radius 3 is 2.58 bits per heavy atom. The molecule has 1 atom stereocenters. The van der Waals surface area contributed by atoms with Gasteiger partial charge in [-0.3, -0.25) is 0 Å². The van der Waals surface area contributed by atoms with Gasteiger partial charge in [0.2, 0.25) is 10.0 Å². The molecule has 0 aromatic heterocycles. The molecule has 0 fully saturated rings. The lowest BCUT2D eigenvalue weighted by atomic mass is 10.2. The molecule has 0 saturated carbocycles. The highest BCUT2D eigenvalue weighted by Crippen LogP contribution is 2.18. The van der Waals surface area contributed by atoms with Crippen molar-refractivity contribution in [2.75, 3.05) is 13.1 Å². The quantitative estimate of drug-likeness (QED) is 0.820. The molecular weight excluding hydrogens is 262 g/mol. The SMILES string of the molecule is CCN(CC(C)C#N)S(=O)(=O)c1cccc(C#N)c1. The van der Waals surface area contributed by atoms with E-state index in [4.69, 9.17) is 10.5 Å². The molecule has 1 rings (SSSR count). The van der Waals surface area contributed by atoms with Gasteiger partial charge in [0.25, 0.3) is 0 Å². The zero-order valence-corrected chi connectivity index (χ0v) is 11.7. The number of sulfonamides is 1. The molecule has 100 valence electrons. The molecular formula is C13H15N3O2S. The third kappa shape index (κ3) is 3.54. The predicted molar refractivity (Wildman–Crippen MR) is 70.4 cm³/mol. The molecule has 6 heteroatoms. The first-order valence-corrected chi connectivity index (χ1v) is 7.29. The molecule has 1 unspecified atom stereocenters. The number of hydrogen-bond donors (Lipinski definition) is 0. The van der Waals surface area contributed by atoms with Crippen LogP contribution in [0.15, 0.2) is 29.2 Å². The molecule has 0 aliphatic rings. The summed E-state index contributed by atoms with van der Waals surface area (Å²) in [6.07, 6.45) is 0. The van der Waals surface area contributed by atoms with Crippen LogP contribution in [0.1, 0.15) is 19.4 Å². The average Bonchev–Trinajstić information content (AvgIpc) is 2.44. The Bertz CT molecular complexity index is 626. The number of hydrogen-bond acceptors (Lipinski definition) is 4. The normalized spacial score (nSPS) is 12.7. The van der Waals surface area contributed by atoms with Crippen LogP contribution < -0.4 is 0 Å². The Balaban J connectivity index is 3.14. The van der Waals surface area contributed by atoms with E-state index in [1.54, 1.807) is 19.9 Å². The Kier molecular flexibility index (Phi) is 5.05. The number of rotatable bonds is 5. The van der Waals surface area contributed by atoms with Gasteiger partial charge >= 0.3 is 0 Å². The van der Waals surface area contributed by atoms with Gasteiger partial charge in [-0.25, -0.2) is 8.42 Å². The van der Waals surface area contributed by atoms with Crippen LogP contribution in [-0.4, -0.2) is 25.8 Å². The molecule has 0 aliphatic carbocycles. The van der Waals surface area contributed by atoms with Crippen LogP contribution in [0.4, 0.5) is 0 Å². The van der Waals surface area contributed by atoms with Crippen molar-refractivity contribution in [2.45, 2.75) is 18.7 Å². The van der Waals surface area contributed by atoms with Gasteiger partial charge in [-0.1, -0.05) is 13.0 Å². The second-order valence-electron chi connectivity index (χ2n) is 4.13. The summed E-state index contributed by atoms with van der Waals surface area (Å²) < 4.78 is 26.0. The van der Waals surface area contributed by atoms with Crippen molar-refractivity contribution >= 4 is 10.0 Å². The first-order chi connectivity index (χ1) is 8.95. The van der Waals surface area contributed by atoms with E-state index in [1.807, 2.05) is 12.1 Å². The van der Waals surface area contributed by atoms with Gasteiger partial charge in [0.05, 0.1) is 28.5 Å². The summed E-state index contributed by atoms with van der Waals surface area (Å²) in [7, 11) is -3.66. The Morgan fingerprint density at radius 1 is 1.37 bits per heavy atom. The maximum Gasteiger partial charge on any atom is 0.243 e. The first kappa shape index (κ1) is 15.2. The molecule has 0 aliphatic heterocycles. The molecule has 5 nitrogen and oxygen atoms in total. The van der Waals surface area contributed by atoms with Crippen LogP contribution in [-0.2, 0) is 10.0 Å². The lowest BCUT2D eigenvalue weighted by Crippen LogP contribution is -2.34. The summed E-state index contributed by atoms with van der Waals surface area (Å²) in [5.41, 5.74) is 0.297. The monoisotopic (exact) mass is 277 g/mol. The topological polar surface area (TPSA) is 85.0 Å². The highest BCUT2D eigenvalue weighted by molar-refractivity contribution is 7.89. The summed E-state index contributed by atoms with van der Waals surface area (Å²) in [6, 6.07) is 9.81. The molecule has 0 spiro atoms. The van der Waals surface area contributed by atoms with E-state index in [9.17, 15) is 8.42 Å². The van der Waals surface area contributed by atoms with Crippen molar-refractivity contribution in [3.8, 4) is 12.1 Å². The maximum atomic E-state index is 12.4. The van der Waals surface area contributed by atoms with Gasteiger partial charge in [-0.05, 0) is 25.1 Å². The highest BCUT2D eigenvalue weighted by Gasteiger charge is 2.24. The smallest absolute Gasteiger partial charge is 0.207 e.